The highest BCUT2D eigenvalue weighted by Crippen LogP contribution is 2.21. The first-order valence-corrected chi connectivity index (χ1v) is 12.3. The lowest BCUT2D eigenvalue weighted by molar-refractivity contribution is -0.159. The molecule has 1 aromatic carbocycles. The van der Waals surface area contributed by atoms with Crippen molar-refractivity contribution in [3.63, 3.8) is 0 Å². The molecule has 0 saturated carbocycles. The number of carbonyl (C=O) groups excluding carboxylic acids is 2. The molecular weight excluding hydrogens is 550 g/mol. The molecule has 16 heteroatoms. The summed E-state index contributed by atoms with van der Waals surface area (Å²) in [6.45, 7) is 0.413. The van der Waals surface area contributed by atoms with Gasteiger partial charge in [-0.2, -0.15) is 8.78 Å². The van der Waals surface area contributed by atoms with E-state index in [0.29, 0.717) is 12.5 Å². The first kappa shape index (κ1) is 29.1. The maximum Gasteiger partial charge on any atom is 0.394 e. The summed E-state index contributed by atoms with van der Waals surface area (Å²) in [5.41, 5.74) is 0.518. The molecule has 1 atom stereocenters. The average molecular weight is 576 g/mol. The van der Waals surface area contributed by atoms with Crippen LogP contribution >= 0.6 is 0 Å². The maximum absolute atomic E-state index is 14.6. The summed E-state index contributed by atoms with van der Waals surface area (Å²) >= 11 is 0. The Labute approximate surface area is 230 Å². The molecule has 12 nitrogen and oxygen atoms in total. The van der Waals surface area contributed by atoms with E-state index in [0.717, 1.165) is 0 Å². The topological polar surface area (TPSA) is 142 Å². The standard InChI is InChI=1S/C25H25F4N9O3/c1-25(28,29)41-18-5-2-4-16(10-18)11-31-23(39)22-15-38(36-34-22)13-17(26)7-9-37-14-21(33-35-37)24(40)32-12-20-19(27)6-3-8-30-20/h2-6,8,10,14-15,17H,7,9,11-13H2,1H3,(H,31,39)(H,32,40). The second-order valence-corrected chi connectivity index (χ2v) is 8.93. The predicted octanol–water partition coefficient (Wildman–Crippen LogP) is 2.68. The number of carbonyl (C=O) groups is 2. The number of halogens is 4. The second-order valence-electron chi connectivity index (χ2n) is 8.93. The van der Waals surface area contributed by atoms with Crippen LogP contribution in [-0.2, 0) is 26.2 Å². The zero-order chi connectivity index (χ0) is 29.4. The second kappa shape index (κ2) is 13.0. The lowest BCUT2D eigenvalue weighted by Gasteiger charge is -2.13. The largest absolute Gasteiger partial charge is 0.433 e. The third-order valence-electron chi connectivity index (χ3n) is 5.50. The first-order chi connectivity index (χ1) is 19.6. The minimum absolute atomic E-state index is 0.000171. The molecule has 0 saturated heterocycles. The van der Waals surface area contributed by atoms with Gasteiger partial charge in [0, 0.05) is 32.6 Å². The number of hydrogen-bond donors (Lipinski definition) is 2. The summed E-state index contributed by atoms with van der Waals surface area (Å²) < 4.78 is 61.3. The highest BCUT2D eigenvalue weighted by atomic mass is 19.3. The number of aryl methyl sites for hydroxylation is 1. The van der Waals surface area contributed by atoms with Crippen LogP contribution in [0.4, 0.5) is 17.6 Å². The summed E-state index contributed by atoms with van der Waals surface area (Å²) in [4.78, 5) is 28.5. The van der Waals surface area contributed by atoms with E-state index in [9.17, 15) is 27.2 Å². The van der Waals surface area contributed by atoms with Gasteiger partial charge in [0.25, 0.3) is 11.8 Å². The number of benzene rings is 1. The molecule has 0 spiro atoms. The van der Waals surface area contributed by atoms with Gasteiger partial charge in [-0.25, -0.2) is 13.5 Å². The minimum atomic E-state index is -3.34. The minimum Gasteiger partial charge on any atom is -0.433 e. The predicted molar refractivity (Wildman–Crippen MR) is 134 cm³/mol. The van der Waals surface area contributed by atoms with E-state index >= 15 is 0 Å². The van der Waals surface area contributed by atoms with Crippen LogP contribution in [0, 0.1) is 5.82 Å². The van der Waals surface area contributed by atoms with Gasteiger partial charge < -0.3 is 15.4 Å². The van der Waals surface area contributed by atoms with Crippen LogP contribution in [0.3, 0.4) is 0 Å². The van der Waals surface area contributed by atoms with Crippen LogP contribution in [0.2, 0.25) is 0 Å². The highest BCUT2D eigenvalue weighted by molar-refractivity contribution is 5.92. The zero-order valence-corrected chi connectivity index (χ0v) is 21.7. The fourth-order valence-corrected chi connectivity index (χ4v) is 3.57. The first-order valence-electron chi connectivity index (χ1n) is 12.3. The molecule has 2 amide bonds. The SMILES string of the molecule is CC(F)(F)Oc1cccc(CNC(=O)c2cn(CC(F)CCn3cc(C(=O)NCc4ncccc4F)nn3)nn2)c1. The molecule has 1 unspecified atom stereocenters. The number of aromatic nitrogens is 7. The Bertz CT molecular complexity index is 1490. The normalized spacial score (nSPS) is 12.1. The summed E-state index contributed by atoms with van der Waals surface area (Å²) in [6.07, 6.45) is -0.706. The van der Waals surface area contributed by atoms with Crippen molar-refractivity contribution in [2.75, 3.05) is 0 Å². The lowest BCUT2D eigenvalue weighted by atomic mass is 10.2. The van der Waals surface area contributed by atoms with Gasteiger partial charge in [0.2, 0.25) is 0 Å². The third kappa shape index (κ3) is 8.81. The Morgan fingerprint density at radius 1 is 1.00 bits per heavy atom. The van der Waals surface area contributed by atoms with Gasteiger partial charge >= 0.3 is 6.11 Å². The molecule has 0 aliphatic rings. The summed E-state index contributed by atoms with van der Waals surface area (Å²) in [5.74, 6) is -1.77. The van der Waals surface area contributed by atoms with Crippen LogP contribution in [0.1, 0.15) is 45.6 Å². The van der Waals surface area contributed by atoms with Gasteiger partial charge in [0.05, 0.1) is 31.2 Å². The summed E-state index contributed by atoms with van der Waals surface area (Å²) in [7, 11) is 0. The molecule has 3 aromatic heterocycles. The average Bonchev–Trinajstić information content (AvgIpc) is 3.59. The van der Waals surface area contributed by atoms with Gasteiger partial charge in [-0.15, -0.1) is 10.2 Å². The van der Waals surface area contributed by atoms with Crippen LogP contribution in [0.25, 0.3) is 0 Å². The molecule has 0 radical (unpaired) electrons. The van der Waals surface area contributed by atoms with E-state index in [2.05, 4.69) is 41.0 Å². The van der Waals surface area contributed by atoms with Crippen LogP contribution in [-0.4, -0.2) is 59.1 Å². The van der Waals surface area contributed by atoms with E-state index in [1.54, 1.807) is 6.07 Å². The number of nitrogens with one attached hydrogen (secondary N) is 2. The number of ether oxygens (including phenoxy) is 1. The molecule has 0 aliphatic heterocycles. The molecule has 216 valence electrons. The third-order valence-corrected chi connectivity index (χ3v) is 5.50. The van der Waals surface area contributed by atoms with E-state index in [-0.39, 0.29) is 55.4 Å². The van der Waals surface area contributed by atoms with Crippen molar-refractivity contribution in [1.82, 2.24) is 45.6 Å². The van der Waals surface area contributed by atoms with E-state index in [1.165, 1.54) is 58.3 Å². The van der Waals surface area contributed by atoms with E-state index in [1.807, 2.05) is 0 Å². The van der Waals surface area contributed by atoms with Crippen LogP contribution in [0.5, 0.6) is 5.75 Å². The molecule has 0 fully saturated rings. The van der Waals surface area contributed by atoms with Crippen molar-refractivity contribution in [3.8, 4) is 5.75 Å². The van der Waals surface area contributed by atoms with Gasteiger partial charge in [-0.1, -0.05) is 22.6 Å². The number of amides is 2. The summed E-state index contributed by atoms with van der Waals surface area (Å²) in [6, 6.07) is 8.55. The zero-order valence-electron chi connectivity index (χ0n) is 21.7. The number of hydrogen-bond acceptors (Lipinski definition) is 8. The van der Waals surface area contributed by atoms with Crippen molar-refractivity contribution in [2.45, 2.75) is 51.8 Å². The molecule has 4 rings (SSSR count). The Kier molecular flexibility index (Phi) is 9.21. The molecule has 2 N–H and O–H groups in total. The molecule has 4 aromatic rings. The molecule has 0 aliphatic carbocycles. The number of pyridine rings is 1. The number of nitrogens with zero attached hydrogens (tertiary/aromatic N) is 7. The van der Waals surface area contributed by atoms with Gasteiger partial charge in [-0.05, 0) is 29.8 Å². The fraction of sp³-hybridized carbons (Fsp3) is 0.320. The Morgan fingerprint density at radius 3 is 2.39 bits per heavy atom. The Morgan fingerprint density at radius 2 is 1.68 bits per heavy atom. The monoisotopic (exact) mass is 575 g/mol. The number of rotatable bonds is 13. The number of alkyl halides is 3. The van der Waals surface area contributed by atoms with Gasteiger partial charge in [0.1, 0.15) is 17.7 Å². The van der Waals surface area contributed by atoms with Crippen LogP contribution in [0.15, 0.2) is 55.0 Å². The van der Waals surface area contributed by atoms with E-state index < -0.39 is 29.9 Å². The lowest BCUT2D eigenvalue weighted by Crippen LogP contribution is -2.24. The van der Waals surface area contributed by atoms with Crippen molar-refractivity contribution >= 4 is 11.8 Å². The highest BCUT2D eigenvalue weighted by Gasteiger charge is 2.23. The van der Waals surface area contributed by atoms with Gasteiger partial charge in [-0.3, -0.25) is 19.3 Å². The molecule has 41 heavy (non-hydrogen) atoms. The molecule has 3 heterocycles. The fourth-order valence-electron chi connectivity index (χ4n) is 3.57. The van der Waals surface area contributed by atoms with Crippen LogP contribution < -0.4 is 15.4 Å². The smallest absolute Gasteiger partial charge is 0.394 e. The molecule has 0 bridgehead atoms. The summed E-state index contributed by atoms with van der Waals surface area (Å²) in [5, 5.41) is 20.1. The van der Waals surface area contributed by atoms with Crippen molar-refractivity contribution in [1.29, 1.82) is 0 Å². The Hall–Kier alpha value is -4.89. The van der Waals surface area contributed by atoms with Crippen molar-refractivity contribution < 1.29 is 31.9 Å². The molecular formula is C25H25F4N9O3. The maximum atomic E-state index is 14.6. The van der Waals surface area contributed by atoms with E-state index in [4.69, 9.17) is 0 Å². The quantitative estimate of drug-likeness (QED) is 0.232. The van der Waals surface area contributed by atoms with Crippen molar-refractivity contribution in [2.24, 2.45) is 0 Å². The van der Waals surface area contributed by atoms with Crippen molar-refractivity contribution in [3.05, 3.63) is 83.5 Å². The van der Waals surface area contributed by atoms with Gasteiger partial charge in [0.15, 0.2) is 11.4 Å². The Balaban J connectivity index is 1.20.